The fraction of sp³-hybridized carbons (Fsp3) is 0.657. The van der Waals surface area contributed by atoms with Crippen molar-refractivity contribution in [1.29, 1.82) is 0 Å². The van der Waals surface area contributed by atoms with Crippen LogP contribution in [0, 0.1) is 0 Å². The Kier molecular flexibility index (Phi) is 7.96. The molecule has 0 spiro atoms. The maximum absolute atomic E-state index is 2.54. The first-order valence-corrected chi connectivity index (χ1v) is 13.8. The van der Waals surface area contributed by atoms with E-state index in [2.05, 4.69) is 141 Å². The third-order valence-corrected chi connectivity index (χ3v) is 7.41. The van der Waals surface area contributed by atoms with Crippen LogP contribution in [0.25, 0.3) is 0 Å². The predicted molar refractivity (Wildman–Crippen MR) is 159 cm³/mol. The van der Waals surface area contributed by atoms with Crippen LogP contribution >= 0.6 is 0 Å². The van der Waals surface area contributed by atoms with E-state index < -0.39 is 0 Å². The highest BCUT2D eigenvalue weighted by Crippen LogP contribution is 2.43. The van der Waals surface area contributed by atoms with Gasteiger partial charge in [0.25, 0.3) is 0 Å². The molecule has 0 saturated heterocycles. The van der Waals surface area contributed by atoms with E-state index in [4.69, 9.17) is 0 Å². The number of benzene rings is 2. The molecule has 2 aromatic carbocycles. The van der Waals surface area contributed by atoms with Gasteiger partial charge in [-0.1, -0.05) is 141 Å². The molecule has 0 saturated carbocycles. The normalized spacial score (nSPS) is 14.9. The van der Waals surface area contributed by atoms with E-state index in [9.17, 15) is 0 Å². The molecule has 0 heteroatoms. The third-order valence-electron chi connectivity index (χ3n) is 7.41. The molecule has 0 aliphatic rings. The van der Waals surface area contributed by atoms with Crippen LogP contribution in [0.5, 0.6) is 0 Å². The molecule has 0 amide bonds. The van der Waals surface area contributed by atoms with Crippen LogP contribution in [0.1, 0.15) is 156 Å². The summed E-state index contributed by atoms with van der Waals surface area (Å²) in [7, 11) is 0. The summed E-state index contributed by atoms with van der Waals surface area (Å²) in [4.78, 5) is 0. The Bertz CT molecular complexity index is 993. The molecule has 0 heterocycles. The van der Waals surface area contributed by atoms with Gasteiger partial charge in [-0.2, -0.15) is 0 Å². The fourth-order valence-corrected chi connectivity index (χ4v) is 5.31. The van der Waals surface area contributed by atoms with E-state index >= 15 is 0 Å². The third kappa shape index (κ3) is 7.02. The Morgan fingerprint density at radius 1 is 0.514 bits per heavy atom. The topological polar surface area (TPSA) is 0 Å². The van der Waals surface area contributed by atoms with Crippen molar-refractivity contribution < 1.29 is 0 Å². The largest absolute Gasteiger partial charge is 0.0584 e. The van der Waals surface area contributed by atoms with Gasteiger partial charge in [-0.05, 0) is 78.4 Å². The van der Waals surface area contributed by atoms with Gasteiger partial charge in [0.05, 0.1) is 0 Å². The standard InChI is InChI=1S/C35H56/c1-23(19-24-17-18-26(31(2,3)4)22-27(24)32(5,6)7)25-20-28(33(8,9)10)30(35(14,15)16)29(21-25)34(11,12)13/h17-18,20-23H,19H2,1-16H3. The number of hydrogen-bond donors (Lipinski definition) is 0. The molecule has 0 nitrogen and oxygen atoms in total. The van der Waals surface area contributed by atoms with E-state index in [1.807, 2.05) is 0 Å². The minimum Gasteiger partial charge on any atom is -0.0584 e. The number of rotatable bonds is 3. The van der Waals surface area contributed by atoms with Crippen LogP contribution in [-0.4, -0.2) is 0 Å². The van der Waals surface area contributed by atoms with Crippen molar-refractivity contribution in [2.75, 3.05) is 0 Å². The van der Waals surface area contributed by atoms with E-state index in [1.165, 1.54) is 33.4 Å². The highest BCUT2D eigenvalue weighted by molar-refractivity contribution is 5.50. The zero-order valence-corrected chi connectivity index (χ0v) is 26.2. The molecule has 0 radical (unpaired) electrons. The van der Waals surface area contributed by atoms with Crippen molar-refractivity contribution >= 4 is 0 Å². The lowest BCUT2D eigenvalue weighted by molar-refractivity contribution is 0.495. The Morgan fingerprint density at radius 2 is 0.943 bits per heavy atom. The Labute approximate surface area is 219 Å². The van der Waals surface area contributed by atoms with Gasteiger partial charge in [-0.15, -0.1) is 0 Å². The summed E-state index contributed by atoms with van der Waals surface area (Å²) in [6.07, 6.45) is 1.07. The molecule has 0 N–H and O–H groups in total. The quantitative estimate of drug-likeness (QED) is 0.413. The fourth-order valence-electron chi connectivity index (χ4n) is 5.31. The summed E-state index contributed by atoms with van der Waals surface area (Å²) in [5.41, 5.74) is 11.1. The van der Waals surface area contributed by atoms with Crippen molar-refractivity contribution in [3.8, 4) is 0 Å². The van der Waals surface area contributed by atoms with Crippen LogP contribution < -0.4 is 0 Å². The Balaban J connectivity index is 2.71. The average Bonchev–Trinajstić information content (AvgIpc) is 2.63. The van der Waals surface area contributed by atoms with Gasteiger partial charge in [0.1, 0.15) is 0 Å². The van der Waals surface area contributed by atoms with Crippen LogP contribution in [-0.2, 0) is 33.5 Å². The summed E-state index contributed by atoms with van der Waals surface area (Å²) in [5.74, 6) is 0.452. The molecular weight excluding hydrogens is 420 g/mol. The van der Waals surface area contributed by atoms with Crippen LogP contribution in [0.3, 0.4) is 0 Å². The Hall–Kier alpha value is -1.56. The lowest BCUT2D eigenvalue weighted by Crippen LogP contribution is -2.28. The van der Waals surface area contributed by atoms with Gasteiger partial charge in [0.2, 0.25) is 0 Å². The van der Waals surface area contributed by atoms with Crippen molar-refractivity contribution in [3.05, 3.63) is 69.3 Å². The van der Waals surface area contributed by atoms with Gasteiger partial charge >= 0.3 is 0 Å². The van der Waals surface area contributed by atoms with Gasteiger partial charge in [0, 0.05) is 0 Å². The maximum atomic E-state index is 2.54. The molecule has 1 atom stereocenters. The molecule has 0 aromatic heterocycles. The SMILES string of the molecule is CC(Cc1ccc(C(C)(C)C)cc1C(C)(C)C)c1cc(C(C)(C)C)c(C(C)(C)C)c(C(C)(C)C)c1. The zero-order valence-electron chi connectivity index (χ0n) is 26.2. The Morgan fingerprint density at radius 3 is 1.29 bits per heavy atom. The van der Waals surface area contributed by atoms with Crippen molar-refractivity contribution in [2.24, 2.45) is 0 Å². The van der Waals surface area contributed by atoms with Gasteiger partial charge in [-0.25, -0.2) is 0 Å². The van der Waals surface area contributed by atoms with Gasteiger partial charge in [0.15, 0.2) is 0 Å². The summed E-state index contributed by atoms with van der Waals surface area (Å²) in [6, 6.07) is 12.3. The summed E-state index contributed by atoms with van der Waals surface area (Å²) in [5, 5.41) is 0. The first kappa shape index (κ1) is 29.7. The highest BCUT2D eigenvalue weighted by atomic mass is 14.4. The summed E-state index contributed by atoms with van der Waals surface area (Å²) >= 11 is 0. The number of hydrogen-bond acceptors (Lipinski definition) is 0. The lowest BCUT2D eigenvalue weighted by Gasteiger charge is -2.37. The molecule has 0 fully saturated rings. The van der Waals surface area contributed by atoms with Crippen molar-refractivity contribution in [2.45, 2.75) is 150 Å². The maximum Gasteiger partial charge on any atom is -0.0126 e. The zero-order chi connectivity index (χ0) is 27.4. The minimum atomic E-state index is 0.100. The van der Waals surface area contributed by atoms with E-state index in [-0.39, 0.29) is 27.1 Å². The molecule has 2 rings (SSSR count). The van der Waals surface area contributed by atoms with Gasteiger partial charge < -0.3 is 0 Å². The van der Waals surface area contributed by atoms with Gasteiger partial charge in [-0.3, -0.25) is 0 Å². The molecule has 0 aliphatic carbocycles. The molecule has 0 bridgehead atoms. The molecule has 1 unspecified atom stereocenters. The second-order valence-corrected chi connectivity index (χ2v) is 16.2. The molecule has 0 aliphatic heterocycles. The van der Waals surface area contributed by atoms with Crippen molar-refractivity contribution in [1.82, 2.24) is 0 Å². The highest BCUT2D eigenvalue weighted by Gasteiger charge is 2.33. The molecular formula is C35H56. The van der Waals surface area contributed by atoms with Crippen LogP contribution in [0.15, 0.2) is 30.3 Å². The van der Waals surface area contributed by atoms with Crippen LogP contribution in [0.4, 0.5) is 0 Å². The van der Waals surface area contributed by atoms with E-state index in [0.29, 0.717) is 5.92 Å². The van der Waals surface area contributed by atoms with E-state index in [1.54, 1.807) is 5.56 Å². The predicted octanol–water partition coefficient (Wildman–Crippen LogP) is 10.5. The molecule has 196 valence electrons. The minimum absolute atomic E-state index is 0.100. The molecule has 2 aromatic rings. The monoisotopic (exact) mass is 476 g/mol. The first-order valence-electron chi connectivity index (χ1n) is 13.8. The summed E-state index contributed by atoms with van der Waals surface area (Å²) in [6.45, 7) is 37.8. The first-order chi connectivity index (χ1) is 15.4. The molecule has 35 heavy (non-hydrogen) atoms. The summed E-state index contributed by atoms with van der Waals surface area (Å²) < 4.78 is 0. The average molecular weight is 477 g/mol. The second kappa shape index (κ2) is 9.39. The lowest BCUT2D eigenvalue weighted by atomic mass is 9.67. The van der Waals surface area contributed by atoms with Crippen molar-refractivity contribution in [3.63, 3.8) is 0 Å². The smallest absolute Gasteiger partial charge is 0.0126 e. The van der Waals surface area contributed by atoms with Crippen LogP contribution in [0.2, 0.25) is 0 Å². The van der Waals surface area contributed by atoms with E-state index in [0.717, 1.165) is 6.42 Å². The second-order valence-electron chi connectivity index (χ2n) is 16.2.